The van der Waals surface area contributed by atoms with Gasteiger partial charge in [-0.15, -0.1) is 0 Å². The lowest BCUT2D eigenvalue weighted by molar-refractivity contribution is -0.134. The second-order valence-electron chi connectivity index (χ2n) is 10.1. The summed E-state index contributed by atoms with van der Waals surface area (Å²) in [6, 6.07) is 19.4. The van der Waals surface area contributed by atoms with Gasteiger partial charge in [-0.25, -0.2) is 4.39 Å². The van der Waals surface area contributed by atoms with Crippen molar-refractivity contribution < 1.29 is 18.7 Å². The number of anilines is 1. The molecule has 2 atom stereocenters. The van der Waals surface area contributed by atoms with E-state index in [0.717, 1.165) is 34.4 Å². The summed E-state index contributed by atoms with van der Waals surface area (Å²) in [7, 11) is 0. The number of aryl methyl sites for hydroxylation is 1. The first-order valence-electron chi connectivity index (χ1n) is 13.0. The second kappa shape index (κ2) is 11.6. The van der Waals surface area contributed by atoms with Crippen LogP contribution in [0.25, 0.3) is 0 Å². The number of hydrogen-bond acceptors (Lipinski definition) is 3. The van der Waals surface area contributed by atoms with Crippen LogP contribution in [0.2, 0.25) is 0 Å². The van der Waals surface area contributed by atoms with Gasteiger partial charge in [0.2, 0.25) is 5.91 Å². The summed E-state index contributed by atoms with van der Waals surface area (Å²) >= 11 is 0. The normalized spacial score (nSPS) is 15.7. The molecule has 0 bridgehead atoms. The molecule has 4 rings (SSSR count). The number of fused-ring (bicyclic) bond motifs is 1. The molecule has 2 unspecified atom stereocenters. The average Bonchev–Trinajstić information content (AvgIpc) is 2.88. The molecule has 1 aliphatic heterocycles. The highest BCUT2D eigenvalue weighted by Crippen LogP contribution is 2.38. The molecule has 6 heteroatoms. The van der Waals surface area contributed by atoms with E-state index in [2.05, 4.69) is 5.32 Å². The summed E-state index contributed by atoms with van der Waals surface area (Å²) in [6.45, 7) is 8.56. The summed E-state index contributed by atoms with van der Waals surface area (Å²) in [5, 5.41) is 2.93. The molecule has 2 amide bonds. The minimum Gasteiger partial charge on any atom is -0.481 e. The number of ether oxygens (including phenoxy) is 1. The van der Waals surface area contributed by atoms with Gasteiger partial charge in [-0.1, -0.05) is 56.7 Å². The smallest absolute Gasteiger partial charge is 0.265 e. The fourth-order valence-corrected chi connectivity index (χ4v) is 4.75. The molecule has 3 aromatic rings. The van der Waals surface area contributed by atoms with E-state index >= 15 is 0 Å². The van der Waals surface area contributed by atoms with Gasteiger partial charge in [0.05, 0.1) is 6.04 Å². The predicted molar refractivity (Wildman–Crippen MR) is 144 cm³/mol. The molecule has 1 N–H and O–H groups in total. The number of benzene rings is 3. The third-order valence-electron chi connectivity index (χ3n) is 6.70. The Morgan fingerprint density at radius 1 is 1.05 bits per heavy atom. The van der Waals surface area contributed by atoms with E-state index in [4.69, 9.17) is 4.74 Å². The van der Waals surface area contributed by atoms with Crippen molar-refractivity contribution in [2.45, 2.75) is 59.1 Å². The lowest BCUT2D eigenvalue weighted by Gasteiger charge is -2.38. The Morgan fingerprint density at radius 3 is 2.41 bits per heavy atom. The highest BCUT2D eigenvalue weighted by Gasteiger charge is 2.33. The minimum atomic E-state index is -0.675. The molecule has 0 saturated carbocycles. The lowest BCUT2D eigenvalue weighted by Crippen LogP contribution is -2.41. The number of hydrogen-bond donors (Lipinski definition) is 1. The molecule has 1 heterocycles. The van der Waals surface area contributed by atoms with Gasteiger partial charge in [-0.05, 0) is 78.8 Å². The van der Waals surface area contributed by atoms with Crippen molar-refractivity contribution in [1.82, 2.24) is 4.90 Å². The van der Waals surface area contributed by atoms with Crippen LogP contribution in [0.3, 0.4) is 0 Å². The molecule has 5 nitrogen and oxygen atoms in total. The summed E-state index contributed by atoms with van der Waals surface area (Å²) in [6.07, 6.45) is 0.989. The van der Waals surface area contributed by atoms with E-state index in [9.17, 15) is 14.0 Å². The van der Waals surface area contributed by atoms with Gasteiger partial charge in [0, 0.05) is 18.7 Å². The molecule has 0 saturated heterocycles. The number of halogens is 1. The van der Waals surface area contributed by atoms with Crippen LogP contribution in [-0.2, 0) is 16.0 Å². The number of rotatable bonds is 8. The van der Waals surface area contributed by atoms with E-state index in [0.29, 0.717) is 25.1 Å². The maximum Gasteiger partial charge on any atom is 0.265 e. The Morgan fingerprint density at radius 2 is 1.76 bits per heavy atom. The Bertz CT molecular complexity index is 1240. The van der Waals surface area contributed by atoms with E-state index in [-0.39, 0.29) is 29.6 Å². The highest BCUT2D eigenvalue weighted by atomic mass is 19.1. The number of carbonyl (C=O) groups excluding carboxylic acids is 2. The first-order valence-corrected chi connectivity index (χ1v) is 13.0. The van der Waals surface area contributed by atoms with Crippen molar-refractivity contribution in [1.29, 1.82) is 0 Å². The molecule has 194 valence electrons. The molecular weight excluding hydrogens is 467 g/mol. The van der Waals surface area contributed by atoms with E-state index in [1.54, 1.807) is 12.1 Å². The monoisotopic (exact) mass is 502 g/mol. The third kappa shape index (κ3) is 6.37. The quantitative estimate of drug-likeness (QED) is 0.385. The van der Waals surface area contributed by atoms with E-state index in [1.807, 2.05) is 75.1 Å². The van der Waals surface area contributed by atoms with Gasteiger partial charge in [-0.3, -0.25) is 9.59 Å². The van der Waals surface area contributed by atoms with Crippen LogP contribution >= 0.6 is 0 Å². The molecule has 0 radical (unpaired) electrons. The Hall–Kier alpha value is -3.67. The molecule has 0 fully saturated rings. The van der Waals surface area contributed by atoms with Crippen LogP contribution < -0.4 is 10.1 Å². The van der Waals surface area contributed by atoms with Gasteiger partial charge in [-0.2, -0.15) is 0 Å². The third-order valence-corrected chi connectivity index (χ3v) is 6.70. The molecule has 0 spiro atoms. The number of nitrogens with zero attached hydrogens (tertiary/aromatic N) is 1. The van der Waals surface area contributed by atoms with Crippen molar-refractivity contribution in [3.63, 3.8) is 0 Å². The largest absolute Gasteiger partial charge is 0.481 e. The SMILES string of the molecule is CCC(Oc1ccc2c(c1)C(c1ccc(F)cc1)N(C(=O)CC(C)C)CC2)C(=O)Nc1ccc(C)cc1. The van der Waals surface area contributed by atoms with Crippen LogP contribution in [0, 0.1) is 18.7 Å². The van der Waals surface area contributed by atoms with Crippen LogP contribution in [0.4, 0.5) is 10.1 Å². The Labute approximate surface area is 218 Å². The minimum absolute atomic E-state index is 0.0743. The predicted octanol–water partition coefficient (Wildman–Crippen LogP) is 6.45. The topological polar surface area (TPSA) is 58.6 Å². The van der Waals surface area contributed by atoms with E-state index in [1.165, 1.54) is 12.1 Å². The standard InChI is InChI=1S/C31H35FN2O3/c1-5-28(31(36)33-25-13-6-21(4)7-14-25)37-26-15-10-22-16-17-34(29(35)18-20(2)3)30(27(22)19-26)23-8-11-24(32)12-9-23/h6-15,19-20,28,30H,5,16-18H2,1-4H3,(H,33,36). The number of carbonyl (C=O) groups is 2. The van der Waals surface area contributed by atoms with Gasteiger partial charge in [0.1, 0.15) is 11.6 Å². The summed E-state index contributed by atoms with van der Waals surface area (Å²) in [4.78, 5) is 28.1. The first-order chi connectivity index (χ1) is 17.7. The van der Waals surface area contributed by atoms with Crippen molar-refractivity contribution in [3.8, 4) is 5.75 Å². The van der Waals surface area contributed by atoms with Gasteiger partial charge in [0.15, 0.2) is 6.10 Å². The van der Waals surface area contributed by atoms with Gasteiger partial charge in [0.25, 0.3) is 5.91 Å². The van der Waals surface area contributed by atoms with Crippen LogP contribution in [0.1, 0.15) is 61.9 Å². The Balaban J connectivity index is 1.62. The fraction of sp³-hybridized carbons (Fsp3) is 0.355. The maximum absolute atomic E-state index is 13.7. The maximum atomic E-state index is 13.7. The molecular formula is C31H35FN2O3. The van der Waals surface area contributed by atoms with E-state index < -0.39 is 6.10 Å². The van der Waals surface area contributed by atoms with Gasteiger partial charge >= 0.3 is 0 Å². The molecule has 1 aliphatic rings. The zero-order chi connectivity index (χ0) is 26.5. The number of amides is 2. The van der Waals surface area contributed by atoms with Gasteiger partial charge < -0.3 is 15.0 Å². The molecule has 0 aliphatic carbocycles. The lowest BCUT2D eigenvalue weighted by atomic mass is 9.87. The summed E-state index contributed by atoms with van der Waals surface area (Å²) in [5.74, 6) is 0.338. The average molecular weight is 503 g/mol. The molecule has 37 heavy (non-hydrogen) atoms. The van der Waals surface area contributed by atoms with Crippen molar-refractivity contribution in [2.24, 2.45) is 5.92 Å². The van der Waals surface area contributed by atoms with Crippen LogP contribution in [0.5, 0.6) is 5.75 Å². The molecule has 3 aromatic carbocycles. The number of nitrogens with one attached hydrogen (secondary N) is 1. The first kappa shape index (κ1) is 26.4. The highest BCUT2D eigenvalue weighted by molar-refractivity contribution is 5.94. The fourth-order valence-electron chi connectivity index (χ4n) is 4.75. The van der Waals surface area contributed by atoms with Crippen molar-refractivity contribution in [3.05, 3.63) is 94.8 Å². The van der Waals surface area contributed by atoms with Crippen LogP contribution in [-0.4, -0.2) is 29.4 Å². The zero-order valence-corrected chi connectivity index (χ0v) is 22.0. The van der Waals surface area contributed by atoms with Crippen molar-refractivity contribution >= 4 is 17.5 Å². The summed E-state index contributed by atoms with van der Waals surface area (Å²) < 4.78 is 19.9. The van der Waals surface area contributed by atoms with Crippen LogP contribution in [0.15, 0.2) is 66.7 Å². The Kier molecular flexibility index (Phi) is 8.27. The summed E-state index contributed by atoms with van der Waals surface area (Å²) in [5.41, 5.74) is 4.75. The van der Waals surface area contributed by atoms with Crippen molar-refractivity contribution in [2.75, 3.05) is 11.9 Å². The zero-order valence-electron chi connectivity index (χ0n) is 22.0. The second-order valence-corrected chi connectivity index (χ2v) is 10.1. The molecule has 0 aromatic heterocycles.